The molecule has 2 spiro atoms. The lowest BCUT2D eigenvalue weighted by Crippen LogP contribution is -2.38. The summed E-state index contributed by atoms with van der Waals surface area (Å²) in [6.07, 6.45) is 4.68. The molecule has 230 valence electrons. The highest BCUT2D eigenvalue weighted by Crippen LogP contribution is 2.67. The first-order chi connectivity index (χ1) is 21.3. The molecular formula is C38H46N4O2. The molecule has 4 aliphatic heterocycles. The normalized spacial score (nSPS) is 32.7. The second-order valence-electron chi connectivity index (χ2n) is 14.9. The van der Waals surface area contributed by atoms with E-state index in [2.05, 4.69) is 94.4 Å². The average molecular weight is 591 g/mol. The molecule has 6 heteroatoms. The zero-order valence-corrected chi connectivity index (χ0v) is 26.4. The smallest absolute Gasteiger partial charge is 0.410 e. The van der Waals surface area contributed by atoms with Gasteiger partial charge in [-0.15, -0.1) is 0 Å². The summed E-state index contributed by atoms with van der Waals surface area (Å²) in [6.45, 7) is 11.0. The Morgan fingerprint density at radius 1 is 0.727 bits per heavy atom. The average Bonchev–Trinajstić information content (AvgIpc) is 3.83. The molecule has 5 unspecified atom stereocenters. The van der Waals surface area contributed by atoms with Crippen LogP contribution in [0.3, 0.4) is 0 Å². The minimum atomic E-state index is -0.473. The van der Waals surface area contributed by atoms with Crippen LogP contribution in [0.25, 0.3) is 0 Å². The third kappa shape index (κ3) is 4.28. The van der Waals surface area contributed by atoms with Gasteiger partial charge in [-0.1, -0.05) is 78.9 Å². The molecular weight excluding hydrogens is 544 g/mol. The lowest BCUT2D eigenvalue weighted by atomic mass is 9.77. The topological polar surface area (TPSA) is 56.8 Å². The van der Waals surface area contributed by atoms with Crippen LogP contribution in [0.1, 0.15) is 98.4 Å². The Morgan fingerprint density at radius 3 is 1.89 bits per heavy atom. The second-order valence-corrected chi connectivity index (χ2v) is 14.9. The maximum atomic E-state index is 13.1. The predicted octanol–water partition coefficient (Wildman–Crippen LogP) is 7.07. The van der Waals surface area contributed by atoms with E-state index in [4.69, 9.17) is 4.74 Å². The summed E-state index contributed by atoms with van der Waals surface area (Å²) >= 11 is 0. The summed E-state index contributed by atoms with van der Waals surface area (Å²) < 4.78 is 5.79. The summed E-state index contributed by atoms with van der Waals surface area (Å²) in [7, 11) is 0. The maximum absolute atomic E-state index is 13.1. The van der Waals surface area contributed by atoms with E-state index in [-0.39, 0.29) is 17.6 Å². The third-order valence-electron chi connectivity index (χ3n) is 11.5. The van der Waals surface area contributed by atoms with Gasteiger partial charge in [-0.05, 0) is 93.9 Å². The Balaban J connectivity index is 0.000000160. The quantitative estimate of drug-likeness (QED) is 0.334. The van der Waals surface area contributed by atoms with Crippen LogP contribution >= 0.6 is 0 Å². The van der Waals surface area contributed by atoms with Gasteiger partial charge >= 0.3 is 6.09 Å². The van der Waals surface area contributed by atoms with Gasteiger partial charge < -0.3 is 20.3 Å². The van der Waals surface area contributed by atoms with Crippen LogP contribution in [0.5, 0.6) is 0 Å². The zero-order chi connectivity index (χ0) is 30.1. The van der Waals surface area contributed by atoms with Gasteiger partial charge in [0.15, 0.2) is 0 Å². The van der Waals surface area contributed by atoms with Crippen LogP contribution in [-0.2, 0) is 11.3 Å². The second kappa shape index (κ2) is 10.4. The van der Waals surface area contributed by atoms with Gasteiger partial charge in [0, 0.05) is 42.0 Å². The van der Waals surface area contributed by atoms with Crippen LogP contribution in [0.4, 0.5) is 4.79 Å². The van der Waals surface area contributed by atoms with Gasteiger partial charge in [-0.25, -0.2) is 4.79 Å². The van der Waals surface area contributed by atoms with Gasteiger partial charge in [0.2, 0.25) is 0 Å². The zero-order valence-electron chi connectivity index (χ0n) is 26.4. The molecule has 0 radical (unpaired) electrons. The van der Waals surface area contributed by atoms with Crippen LogP contribution in [-0.4, -0.2) is 47.7 Å². The summed E-state index contributed by atoms with van der Waals surface area (Å²) in [4.78, 5) is 17.7. The summed E-state index contributed by atoms with van der Waals surface area (Å²) in [5.74, 6) is 0. The van der Waals surface area contributed by atoms with E-state index < -0.39 is 5.60 Å². The summed E-state index contributed by atoms with van der Waals surface area (Å²) in [5.41, 5.74) is 7.31. The Kier molecular flexibility index (Phi) is 6.71. The number of hydrogen-bond donors (Lipinski definition) is 2. The Bertz CT molecular complexity index is 1510. The summed E-state index contributed by atoms with van der Waals surface area (Å²) in [5, 5.41) is 7.39. The first-order valence-corrected chi connectivity index (χ1v) is 16.7. The molecule has 1 amide bonds. The van der Waals surface area contributed by atoms with E-state index in [0.29, 0.717) is 23.5 Å². The van der Waals surface area contributed by atoms with E-state index in [1.807, 2.05) is 25.7 Å². The standard InChI is InChI=1S/C25H30N2O2.C13H16N2/c1-24(2,3)29-23(28)27-16-14-25-13-15-26(17-18-9-5-4-6-10-18)21(25)19-11-7-8-12-20(19)22(25)27;1-2-4-10-9(3-1)11-13(5-7-14-11)6-8-15-12(10)13/h4-12,21-22H,13-17H2,1-3H3;1-4,11-12,14-15H,5-8H2. The number of ether oxygens (including phenoxy) is 1. The first kappa shape index (κ1) is 28.3. The Labute approximate surface area is 262 Å². The van der Waals surface area contributed by atoms with Crippen molar-refractivity contribution < 1.29 is 9.53 Å². The maximum Gasteiger partial charge on any atom is 0.410 e. The fourth-order valence-corrected chi connectivity index (χ4v) is 9.98. The van der Waals surface area contributed by atoms with Crippen molar-refractivity contribution in [2.75, 3.05) is 26.2 Å². The molecule has 2 aliphatic carbocycles. The summed E-state index contributed by atoms with van der Waals surface area (Å²) in [6, 6.07) is 30.2. The SMILES string of the molecule is CC(C)(C)OC(=O)N1CCC23CCN(Cc4ccccc4)C2c2ccccc2C13.c1ccc2c(c1)C1NCCC13CCNC23. The monoisotopic (exact) mass is 590 g/mol. The molecule has 6 aliphatic rings. The fourth-order valence-electron chi connectivity index (χ4n) is 9.98. The van der Waals surface area contributed by atoms with E-state index in [9.17, 15) is 4.79 Å². The lowest BCUT2D eigenvalue weighted by molar-refractivity contribution is 0.0155. The van der Waals surface area contributed by atoms with Gasteiger partial charge in [-0.3, -0.25) is 4.90 Å². The molecule has 2 N–H and O–H groups in total. The predicted molar refractivity (Wildman–Crippen MR) is 173 cm³/mol. The van der Waals surface area contributed by atoms with Crippen LogP contribution < -0.4 is 10.6 Å². The van der Waals surface area contributed by atoms with Crippen molar-refractivity contribution in [3.05, 3.63) is 107 Å². The molecule has 0 saturated carbocycles. The fraction of sp³-hybridized carbons (Fsp3) is 0.500. The van der Waals surface area contributed by atoms with Crippen LogP contribution in [0.2, 0.25) is 0 Å². The highest BCUT2D eigenvalue weighted by molar-refractivity contribution is 5.70. The Morgan fingerprint density at radius 2 is 1.27 bits per heavy atom. The van der Waals surface area contributed by atoms with Crippen molar-refractivity contribution in [3.8, 4) is 0 Å². The minimum Gasteiger partial charge on any atom is -0.444 e. The molecule has 3 aromatic carbocycles. The number of carbonyl (C=O) groups is 1. The number of benzene rings is 3. The van der Waals surface area contributed by atoms with E-state index >= 15 is 0 Å². The van der Waals surface area contributed by atoms with Crippen molar-refractivity contribution >= 4 is 6.09 Å². The number of hydrogen-bond acceptors (Lipinski definition) is 5. The van der Waals surface area contributed by atoms with Crippen LogP contribution in [0, 0.1) is 10.8 Å². The number of fused-ring (bicyclic) bond motifs is 6. The largest absolute Gasteiger partial charge is 0.444 e. The molecule has 0 aromatic heterocycles. The van der Waals surface area contributed by atoms with Crippen molar-refractivity contribution in [1.82, 2.24) is 20.4 Å². The molecule has 3 aromatic rings. The number of nitrogens with zero attached hydrogens (tertiary/aromatic N) is 2. The number of nitrogens with one attached hydrogen (secondary N) is 2. The van der Waals surface area contributed by atoms with E-state index in [0.717, 1.165) is 32.5 Å². The number of carbonyl (C=O) groups excluding carboxylic acids is 1. The molecule has 44 heavy (non-hydrogen) atoms. The lowest BCUT2D eigenvalue weighted by Gasteiger charge is -2.34. The number of likely N-dealkylation sites (tertiary alicyclic amines) is 2. The van der Waals surface area contributed by atoms with Gasteiger partial charge in [0.1, 0.15) is 5.60 Å². The van der Waals surface area contributed by atoms with Gasteiger partial charge in [-0.2, -0.15) is 0 Å². The highest BCUT2D eigenvalue weighted by Gasteiger charge is 2.64. The van der Waals surface area contributed by atoms with Gasteiger partial charge in [0.05, 0.1) is 6.04 Å². The highest BCUT2D eigenvalue weighted by atomic mass is 16.6. The molecule has 6 nitrogen and oxygen atoms in total. The van der Waals surface area contributed by atoms with E-state index in [1.54, 1.807) is 11.1 Å². The van der Waals surface area contributed by atoms with E-state index in [1.165, 1.54) is 42.6 Å². The van der Waals surface area contributed by atoms with Crippen LogP contribution in [0.15, 0.2) is 78.9 Å². The van der Waals surface area contributed by atoms with Crippen molar-refractivity contribution in [2.45, 2.75) is 82.8 Å². The van der Waals surface area contributed by atoms with Crippen molar-refractivity contribution in [3.63, 3.8) is 0 Å². The molecule has 4 heterocycles. The molecule has 4 fully saturated rings. The molecule has 9 rings (SSSR count). The third-order valence-corrected chi connectivity index (χ3v) is 11.5. The molecule has 5 atom stereocenters. The first-order valence-electron chi connectivity index (χ1n) is 16.7. The molecule has 4 saturated heterocycles. The molecule has 0 bridgehead atoms. The minimum absolute atomic E-state index is 0.107. The number of amides is 1. The van der Waals surface area contributed by atoms with Crippen molar-refractivity contribution in [1.29, 1.82) is 0 Å². The number of rotatable bonds is 2. The Hall–Kier alpha value is -3.19. The van der Waals surface area contributed by atoms with Gasteiger partial charge in [0.25, 0.3) is 0 Å². The van der Waals surface area contributed by atoms with Crippen molar-refractivity contribution in [2.24, 2.45) is 10.8 Å².